The van der Waals surface area contributed by atoms with Crippen molar-refractivity contribution in [2.75, 3.05) is 18.4 Å². The smallest absolute Gasteiger partial charge is 0.125 e. The Hall–Kier alpha value is -1.09. The standard InChI is InChI=1S/C9H13FN2/c1-7-4-8(10)6-9(5-7)12-3-2-11/h4-6,12H,2-3,11H2,1H3. The van der Waals surface area contributed by atoms with Gasteiger partial charge in [0.05, 0.1) is 0 Å². The summed E-state index contributed by atoms with van der Waals surface area (Å²) in [7, 11) is 0. The molecule has 2 nitrogen and oxygen atoms in total. The molecule has 1 aromatic rings. The van der Waals surface area contributed by atoms with Gasteiger partial charge in [0.2, 0.25) is 0 Å². The van der Waals surface area contributed by atoms with Crippen LogP contribution in [-0.2, 0) is 0 Å². The van der Waals surface area contributed by atoms with Crippen LogP contribution >= 0.6 is 0 Å². The van der Waals surface area contributed by atoms with Gasteiger partial charge in [0.25, 0.3) is 0 Å². The maximum absolute atomic E-state index is 12.8. The highest BCUT2D eigenvalue weighted by Gasteiger charge is 1.95. The summed E-state index contributed by atoms with van der Waals surface area (Å²) in [5.41, 5.74) is 7.00. The molecule has 3 heteroatoms. The molecule has 0 amide bonds. The molecule has 0 saturated carbocycles. The lowest BCUT2D eigenvalue weighted by Crippen LogP contribution is -2.13. The first-order chi connectivity index (χ1) is 5.72. The Balaban J connectivity index is 2.72. The third-order valence-electron chi connectivity index (χ3n) is 1.52. The number of benzene rings is 1. The van der Waals surface area contributed by atoms with Crippen molar-refractivity contribution in [3.05, 3.63) is 29.6 Å². The van der Waals surface area contributed by atoms with Gasteiger partial charge in [-0.15, -0.1) is 0 Å². The van der Waals surface area contributed by atoms with Gasteiger partial charge in [-0.05, 0) is 30.7 Å². The molecule has 66 valence electrons. The minimum Gasteiger partial charge on any atom is -0.384 e. The van der Waals surface area contributed by atoms with Gasteiger partial charge in [-0.1, -0.05) is 0 Å². The van der Waals surface area contributed by atoms with Crippen LogP contribution in [0.2, 0.25) is 0 Å². The van der Waals surface area contributed by atoms with E-state index in [-0.39, 0.29) is 5.82 Å². The van der Waals surface area contributed by atoms with E-state index in [9.17, 15) is 4.39 Å². The fourth-order valence-corrected chi connectivity index (χ4v) is 1.05. The second kappa shape index (κ2) is 4.07. The van der Waals surface area contributed by atoms with Crippen LogP contribution < -0.4 is 11.1 Å². The molecule has 0 aliphatic rings. The SMILES string of the molecule is Cc1cc(F)cc(NCCN)c1. The van der Waals surface area contributed by atoms with E-state index in [1.165, 1.54) is 12.1 Å². The zero-order valence-corrected chi connectivity index (χ0v) is 7.10. The van der Waals surface area contributed by atoms with E-state index in [1.54, 1.807) is 0 Å². The van der Waals surface area contributed by atoms with Gasteiger partial charge in [0.1, 0.15) is 5.82 Å². The van der Waals surface area contributed by atoms with Crippen LogP contribution in [0.1, 0.15) is 5.56 Å². The van der Waals surface area contributed by atoms with Crippen molar-refractivity contribution in [2.45, 2.75) is 6.92 Å². The molecule has 0 fully saturated rings. The van der Waals surface area contributed by atoms with Gasteiger partial charge in [-0.2, -0.15) is 0 Å². The van der Waals surface area contributed by atoms with Gasteiger partial charge in [0, 0.05) is 18.8 Å². The molecule has 1 aromatic carbocycles. The summed E-state index contributed by atoms with van der Waals surface area (Å²) in [6.07, 6.45) is 0. The summed E-state index contributed by atoms with van der Waals surface area (Å²) >= 11 is 0. The van der Waals surface area contributed by atoms with Crippen molar-refractivity contribution in [3.63, 3.8) is 0 Å². The summed E-state index contributed by atoms with van der Waals surface area (Å²) < 4.78 is 12.8. The van der Waals surface area contributed by atoms with E-state index in [2.05, 4.69) is 5.32 Å². The molecule has 0 bridgehead atoms. The molecule has 0 aliphatic carbocycles. The lowest BCUT2D eigenvalue weighted by Gasteiger charge is -2.05. The molecule has 0 aromatic heterocycles. The van der Waals surface area contributed by atoms with Gasteiger partial charge in [-0.3, -0.25) is 0 Å². The third-order valence-corrected chi connectivity index (χ3v) is 1.52. The number of hydrogen-bond donors (Lipinski definition) is 2. The summed E-state index contributed by atoms with van der Waals surface area (Å²) in [5.74, 6) is -0.213. The zero-order chi connectivity index (χ0) is 8.97. The lowest BCUT2D eigenvalue weighted by atomic mass is 10.2. The number of halogens is 1. The lowest BCUT2D eigenvalue weighted by molar-refractivity contribution is 0.627. The maximum Gasteiger partial charge on any atom is 0.125 e. The van der Waals surface area contributed by atoms with E-state index in [4.69, 9.17) is 5.73 Å². The van der Waals surface area contributed by atoms with Crippen molar-refractivity contribution in [1.82, 2.24) is 0 Å². The highest BCUT2D eigenvalue weighted by molar-refractivity contribution is 5.45. The van der Waals surface area contributed by atoms with Crippen molar-refractivity contribution in [1.29, 1.82) is 0 Å². The van der Waals surface area contributed by atoms with Gasteiger partial charge < -0.3 is 11.1 Å². The summed E-state index contributed by atoms with van der Waals surface area (Å²) in [6.45, 7) is 3.08. The zero-order valence-electron chi connectivity index (χ0n) is 7.10. The Labute approximate surface area is 71.6 Å². The van der Waals surface area contributed by atoms with E-state index >= 15 is 0 Å². The van der Waals surface area contributed by atoms with E-state index in [0.29, 0.717) is 13.1 Å². The normalized spacial score (nSPS) is 9.92. The maximum atomic E-state index is 12.8. The van der Waals surface area contributed by atoms with Gasteiger partial charge >= 0.3 is 0 Å². The molecule has 0 saturated heterocycles. The van der Waals surface area contributed by atoms with Gasteiger partial charge in [0.15, 0.2) is 0 Å². The fourth-order valence-electron chi connectivity index (χ4n) is 1.05. The Bertz CT molecular complexity index is 240. The van der Waals surface area contributed by atoms with E-state index in [1.807, 2.05) is 13.0 Å². The molecule has 0 spiro atoms. The molecule has 12 heavy (non-hydrogen) atoms. The first kappa shape index (κ1) is 9.00. The molecule has 0 aliphatic heterocycles. The first-order valence-corrected chi connectivity index (χ1v) is 3.93. The molecule has 3 N–H and O–H groups in total. The Morgan fingerprint density at radius 2 is 2.17 bits per heavy atom. The third kappa shape index (κ3) is 2.51. The van der Waals surface area contributed by atoms with Crippen molar-refractivity contribution >= 4 is 5.69 Å². The number of nitrogens with one attached hydrogen (secondary N) is 1. The molecular formula is C9H13FN2. The molecule has 1 rings (SSSR count). The van der Waals surface area contributed by atoms with Crippen LogP contribution in [0.25, 0.3) is 0 Å². The van der Waals surface area contributed by atoms with Crippen LogP contribution in [0.15, 0.2) is 18.2 Å². The van der Waals surface area contributed by atoms with Crippen molar-refractivity contribution in [2.24, 2.45) is 5.73 Å². The molecular weight excluding hydrogens is 155 g/mol. The highest BCUT2D eigenvalue weighted by atomic mass is 19.1. The Kier molecular flexibility index (Phi) is 3.05. The molecule has 0 unspecified atom stereocenters. The van der Waals surface area contributed by atoms with Gasteiger partial charge in [-0.25, -0.2) is 4.39 Å². The second-order valence-electron chi connectivity index (χ2n) is 2.73. The van der Waals surface area contributed by atoms with Crippen LogP contribution in [0.5, 0.6) is 0 Å². The monoisotopic (exact) mass is 168 g/mol. The molecule has 0 radical (unpaired) electrons. The summed E-state index contributed by atoms with van der Waals surface area (Å²) in [4.78, 5) is 0. The number of hydrogen-bond acceptors (Lipinski definition) is 2. The predicted octanol–water partition coefficient (Wildman–Crippen LogP) is 1.50. The van der Waals surface area contributed by atoms with Crippen molar-refractivity contribution < 1.29 is 4.39 Å². The van der Waals surface area contributed by atoms with E-state index in [0.717, 1.165) is 11.3 Å². The quantitative estimate of drug-likeness (QED) is 0.717. The Morgan fingerprint density at radius 1 is 1.42 bits per heavy atom. The Morgan fingerprint density at radius 3 is 2.75 bits per heavy atom. The minimum atomic E-state index is -0.213. The number of anilines is 1. The first-order valence-electron chi connectivity index (χ1n) is 3.93. The summed E-state index contributed by atoms with van der Waals surface area (Å²) in [6, 6.07) is 4.84. The topological polar surface area (TPSA) is 38.0 Å². The number of rotatable bonds is 3. The van der Waals surface area contributed by atoms with E-state index < -0.39 is 0 Å². The number of aryl methyl sites for hydroxylation is 1. The molecule has 0 heterocycles. The average Bonchev–Trinajstić information content (AvgIpc) is 1.99. The van der Waals surface area contributed by atoms with Crippen LogP contribution in [0.4, 0.5) is 10.1 Å². The molecule has 0 atom stereocenters. The second-order valence-corrected chi connectivity index (χ2v) is 2.73. The fraction of sp³-hybridized carbons (Fsp3) is 0.333. The average molecular weight is 168 g/mol. The number of nitrogens with two attached hydrogens (primary N) is 1. The predicted molar refractivity (Wildman–Crippen MR) is 48.7 cm³/mol. The largest absolute Gasteiger partial charge is 0.384 e. The summed E-state index contributed by atoms with van der Waals surface area (Å²) in [5, 5.41) is 3.01. The minimum absolute atomic E-state index is 0.213. The van der Waals surface area contributed by atoms with Crippen molar-refractivity contribution in [3.8, 4) is 0 Å². The van der Waals surface area contributed by atoms with Crippen LogP contribution in [0.3, 0.4) is 0 Å². The highest BCUT2D eigenvalue weighted by Crippen LogP contribution is 2.12. The van der Waals surface area contributed by atoms with Crippen LogP contribution in [0, 0.1) is 12.7 Å². The van der Waals surface area contributed by atoms with Crippen LogP contribution in [-0.4, -0.2) is 13.1 Å².